The van der Waals surface area contributed by atoms with Crippen molar-refractivity contribution in [2.75, 3.05) is 5.73 Å². The molecule has 2 rings (SSSR count). The van der Waals surface area contributed by atoms with Gasteiger partial charge in [-0.15, -0.1) is 0 Å². The van der Waals surface area contributed by atoms with E-state index in [9.17, 15) is 0 Å². The number of benzene rings is 1. The highest BCUT2D eigenvalue weighted by Gasteiger charge is 2.19. The summed E-state index contributed by atoms with van der Waals surface area (Å²) in [5, 5.41) is 0.945. The van der Waals surface area contributed by atoms with Crippen molar-refractivity contribution in [2.45, 2.75) is 40.0 Å². The standard InChI is InChI=1S/C14H19N3/c1-8-6-10-11(7-9(8)2)16-13(14(3,4)5)17-12(10)15/h6-7H,1-5H3,(H2,15,16,17). The zero-order valence-corrected chi connectivity index (χ0v) is 11.1. The van der Waals surface area contributed by atoms with E-state index in [2.05, 4.69) is 56.7 Å². The molecule has 0 aliphatic rings. The zero-order chi connectivity index (χ0) is 12.8. The Morgan fingerprint density at radius 2 is 1.59 bits per heavy atom. The van der Waals surface area contributed by atoms with E-state index in [1.54, 1.807) is 0 Å². The molecule has 1 aromatic carbocycles. The molecule has 0 aliphatic carbocycles. The van der Waals surface area contributed by atoms with Gasteiger partial charge in [0.15, 0.2) is 0 Å². The van der Waals surface area contributed by atoms with Crippen molar-refractivity contribution in [3.05, 3.63) is 29.1 Å². The molecule has 17 heavy (non-hydrogen) atoms. The van der Waals surface area contributed by atoms with Crippen LogP contribution in [0.5, 0.6) is 0 Å². The molecule has 90 valence electrons. The molecule has 0 bridgehead atoms. The summed E-state index contributed by atoms with van der Waals surface area (Å²) in [7, 11) is 0. The number of hydrogen-bond donors (Lipinski definition) is 1. The first kappa shape index (κ1) is 11.8. The Hall–Kier alpha value is -1.64. The van der Waals surface area contributed by atoms with Gasteiger partial charge in [-0.05, 0) is 37.1 Å². The van der Waals surface area contributed by atoms with Gasteiger partial charge in [-0.25, -0.2) is 9.97 Å². The molecule has 1 heterocycles. The van der Waals surface area contributed by atoms with Gasteiger partial charge in [0.1, 0.15) is 11.6 Å². The van der Waals surface area contributed by atoms with Gasteiger partial charge >= 0.3 is 0 Å². The fraction of sp³-hybridized carbons (Fsp3) is 0.429. The Labute approximate surface area is 102 Å². The smallest absolute Gasteiger partial charge is 0.136 e. The Morgan fingerprint density at radius 3 is 2.18 bits per heavy atom. The average molecular weight is 229 g/mol. The van der Waals surface area contributed by atoms with Crippen LogP contribution in [0.1, 0.15) is 37.7 Å². The number of nitrogen functional groups attached to an aromatic ring is 1. The number of aromatic nitrogens is 2. The molecule has 0 aliphatic heterocycles. The summed E-state index contributed by atoms with van der Waals surface area (Å²) in [5.74, 6) is 1.37. The Bertz CT molecular complexity index is 580. The van der Waals surface area contributed by atoms with Crippen molar-refractivity contribution >= 4 is 16.7 Å². The fourth-order valence-corrected chi connectivity index (χ4v) is 1.75. The molecule has 0 radical (unpaired) electrons. The first-order chi connectivity index (χ1) is 7.79. The number of hydrogen-bond acceptors (Lipinski definition) is 3. The quantitative estimate of drug-likeness (QED) is 0.755. The molecular weight excluding hydrogens is 210 g/mol. The Morgan fingerprint density at radius 1 is 1.00 bits per heavy atom. The lowest BCUT2D eigenvalue weighted by Crippen LogP contribution is -2.17. The van der Waals surface area contributed by atoms with Crippen LogP contribution < -0.4 is 5.73 Å². The third kappa shape index (κ3) is 2.09. The Balaban J connectivity index is 2.78. The lowest BCUT2D eigenvalue weighted by atomic mass is 9.95. The third-order valence-electron chi connectivity index (χ3n) is 3.01. The van der Waals surface area contributed by atoms with E-state index >= 15 is 0 Å². The van der Waals surface area contributed by atoms with Gasteiger partial charge in [-0.1, -0.05) is 20.8 Å². The van der Waals surface area contributed by atoms with E-state index in [4.69, 9.17) is 5.73 Å². The molecule has 0 amide bonds. The third-order valence-corrected chi connectivity index (χ3v) is 3.01. The minimum Gasteiger partial charge on any atom is -0.383 e. The van der Waals surface area contributed by atoms with Crippen molar-refractivity contribution < 1.29 is 0 Å². The summed E-state index contributed by atoms with van der Waals surface area (Å²) < 4.78 is 0. The van der Waals surface area contributed by atoms with E-state index in [1.165, 1.54) is 11.1 Å². The molecule has 0 saturated carbocycles. The first-order valence-electron chi connectivity index (χ1n) is 5.84. The monoisotopic (exact) mass is 229 g/mol. The summed E-state index contributed by atoms with van der Waals surface area (Å²) in [4.78, 5) is 9.03. The van der Waals surface area contributed by atoms with Crippen LogP contribution >= 0.6 is 0 Å². The molecular formula is C14H19N3. The van der Waals surface area contributed by atoms with Crippen LogP contribution in [0.3, 0.4) is 0 Å². The highest BCUT2D eigenvalue weighted by Crippen LogP contribution is 2.26. The molecule has 1 aromatic heterocycles. The maximum atomic E-state index is 6.02. The molecule has 0 atom stereocenters. The van der Waals surface area contributed by atoms with E-state index in [-0.39, 0.29) is 5.41 Å². The average Bonchev–Trinajstić information content (AvgIpc) is 2.19. The van der Waals surface area contributed by atoms with Gasteiger partial charge in [-0.2, -0.15) is 0 Å². The molecule has 0 saturated heterocycles. The number of aryl methyl sites for hydroxylation is 2. The maximum Gasteiger partial charge on any atom is 0.136 e. The summed E-state index contributed by atoms with van der Waals surface area (Å²) in [5.41, 5.74) is 9.33. The minimum atomic E-state index is -0.0822. The van der Waals surface area contributed by atoms with Crippen LogP contribution in [-0.2, 0) is 5.41 Å². The number of rotatable bonds is 0. The van der Waals surface area contributed by atoms with Crippen LogP contribution in [0.25, 0.3) is 10.9 Å². The number of nitrogens with zero attached hydrogens (tertiary/aromatic N) is 2. The SMILES string of the molecule is Cc1cc2nc(C(C)(C)C)nc(N)c2cc1C. The molecule has 0 spiro atoms. The second-order valence-electron chi connectivity index (χ2n) is 5.64. The highest BCUT2D eigenvalue weighted by molar-refractivity contribution is 5.89. The van der Waals surface area contributed by atoms with Crippen molar-refractivity contribution in [3.63, 3.8) is 0 Å². The summed E-state index contributed by atoms with van der Waals surface area (Å²) in [6.45, 7) is 10.4. The number of anilines is 1. The van der Waals surface area contributed by atoms with E-state index < -0.39 is 0 Å². The second-order valence-corrected chi connectivity index (χ2v) is 5.64. The second kappa shape index (κ2) is 3.69. The van der Waals surface area contributed by atoms with Gasteiger partial charge in [-0.3, -0.25) is 0 Å². The molecule has 2 N–H and O–H groups in total. The van der Waals surface area contributed by atoms with Gasteiger partial charge in [0.05, 0.1) is 5.52 Å². The summed E-state index contributed by atoms with van der Waals surface area (Å²) in [6, 6.07) is 4.14. The molecule has 2 aromatic rings. The van der Waals surface area contributed by atoms with E-state index in [0.29, 0.717) is 5.82 Å². The molecule has 0 fully saturated rings. The van der Waals surface area contributed by atoms with Gasteiger partial charge in [0.2, 0.25) is 0 Å². The van der Waals surface area contributed by atoms with Crippen LogP contribution in [0.15, 0.2) is 12.1 Å². The van der Waals surface area contributed by atoms with E-state index in [1.807, 2.05) is 0 Å². The molecule has 3 nitrogen and oxygen atoms in total. The number of fused-ring (bicyclic) bond motifs is 1. The van der Waals surface area contributed by atoms with Crippen LogP contribution in [0.4, 0.5) is 5.82 Å². The van der Waals surface area contributed by atoms with Gasteiger partial charge < -0.3 is 5.73 Å². The maximum absolute atomic E-state index is 6.02. The van der Waals surface area contributed by atoms with Crippen LogP contribution in [0.2, 0.25) is 0 Å². The Kier molecular flexibility index (Phi) is 2.57. The van der Waals surface area contributed by atoms with Crippen LogP contribution in [-0.4, -0.2) is 9.97 Å². The predicted octanol–water partition coefficient (Wildman–Crippen LogP) is 3.13. The largest absolute Gasteiger partial charge is 0.383 e. The van der Waals surface area contributed by atoms with Crippen molar-refractivity contribution in [3.8, 4) is 0 Å². The predicted molar refractivity (Wildman–Crippen MR) is 72.1 cm³/mol. The van der Waals surface area contributed by atoms with E-state index in [0.717, 1.165) is 16.7 Å². The van der Waals surface area contributed by atoms with Gasteiger partial charge in [0.25, 0.3) is 0 Å². The number of nitrogens with two attached hydrogens (primary N) is 1. The van der Waals surface area contributed by atoms with Crippen LogP contribution in [0, 0.1) is 13.8 Å². The fourth-order valence-electron chi connectivity index (χ4n) is 1.75. The lowest BCUT2D eigenvalue weighted by molar-refractivity contribution is 0.549. The first-order valence-corrected chi connectivity index (χ1v) is 5.84. The topological polar surface area (TPSA) is 51.8 Å². The van der Waals surface area contributed by atoms with Crippen molar-refractivity contribution in [1.29, 1.82) is 0 Å². The van der Waals surface area contributed by atoms with Gasteiger partial charge in [0, 0.05) is 10.8 Å². The highest BCUT2D eigenvalue weighted by atomic mass is 15.0. The molecule has 3 heteroatoms. The lowest BCUT2D eigenvalue weighted by Gasteiger charge is -2.18. The normalized spacial score (nSPS) is 12.1. The molecule has 0 unspecified atom stereocenters. The summed E-state index contributed by atoms with van der Waals surface area (Å²) in [6.07, 6.45) is 0. The zero-order valence-electron chi connectivity index (χ0n) is 11.1. The summed E-state index contributed by atoms with van der Waals surface area (Å²) >= 11 is 0. The van der Waals surface area contributed by atoms with Crippen molar-refractivity contribution in [1.82, 2.24) is 9.97 Å². The van der Waals surface area contributed by atoms with Crippen molar-refractivity contribution in [2.24, 2.45) is 0 Å². The minimum absolute atomic E-state index is 0.0822.